The van der Waals surface area contributed by atoms with Crippen molar-refractivity contribution in [2.45, 2.75) is 31.1 Å². The van der Waals surface area contributed by atoms with Crippen LogP contribution in [0.1, 0.15) is 50.1 Å². The van der Waals surface area contributed by atoms with Crippen molar-refractivity contribution in [2.75, 3.05) is 37.7 Å². The first-order chi connectivity index (χ1) is 23.7. The molecule has 3 aromatic carbocycles. The molecule has 1 aliphatic carbocycles. The Bertz CT molecular complexity index is 1890. The molecule has 0 spiro atoms. The first kappa shape index (κ1) is 35.2. The van der Waals surface area contributed by atoms with Crippen LogP contribution in [0.2, 0.25) is 0 Å². The lowest BCUT2D eigenvalue weighted by Crippen LogP contribution is -2.30. The average Bonchev–Trinajstić information content (AvgIpc) is 3.47. The van der Waals surface area contributed by atoms with E-state index in [1.807, 2.05) is 6.07 Å². The SMILES string of the molecule is COC(=O)c1c(NC(=O)CSc2cccc(NC(=O)/C(=C\c3ccc(OC)cc3OC)NC(=O)c3ccccc3)c2)sc2c1CCC(C)C2. The molecular formula is C37H37N3O7S2. The van der Waals surface area contributed by atoms with Crippen molar-refractivity contribution >= 4 is 63.6 Å². The molecule has 1 heterocycles. The van der Waals surface area contributed by atoms with Crippen LogP contribution in [-0.2, 0) is 27.2 Å². The standard InChI is InChI=1S/C37H37N3O7S2/c1-22-13-16-28-31(17-22)49-36(33(28)37(44)47-4)40-32(41)21-48-27-12-8-11-25(19-27)38-35(43)29(39-34(42)23-9-6-5-7-10-23)18-24-14-15-26(45-2)20-30(24)46-3/h5-12,14-15,18-20,22H,13,16-17,21H2,1-4H3,(H,38,43)(H,39,42)(H,40,41)/b29-18+. The maximum Gasteiger partial charge on any atom is 0.341 e. The third-order valence-electron chi connectivity index (χ3n) is 7.89. The van der Waals surface area contributed by atoms with Gasteiger partial charge < -0.3 is 30.2 Å². The first-order valence-corrected chi connectivity index (χ1v) is 17.4. The van der Waals surface area contributed by atoms with Crippen LogP contribution in [0.15, 0.2) is 83.4 Å². The lowest BCUT2D eigenvalue weighted by atomic mass is 9.88. The number of ether oxygens (including phenoxy) is 3. The molecule has 1 atom stereocenters. The fraction of sp³-hybridized carbons (Fsp3) is 0.243. The molecule has 0 radical (unpaired) electrons. The van der Waals surface area contributed by atoms with E-state index >= 15 is 0 Å². The van der Waals surface area contributed by atoms with E-state index in [1.54, 1.807) is 73.8 Å². The van der Waals surface area contributed by atoms with Gasteiger partial charge in [0, 0.05) is 32.7 Å². The summed E-state index contributed by atoms with van der Waals surface area (Å²) in [5.74, 6) is -0.117. The molecule has 49 heavy (non-hydrogen) atoms. The summed E-state index contributed by atoms with van der Waals surface area (Å²) in [5, 5.41) is 9.02. The summed E-state index contributed by atoms with van der Waals surface area (Å²) in [4.78, 5) is 54.3. The molecule has 0 fully saturated rings. The normalized spacial score (nSPS) is 13.9. The molecule has 254 valence electrons. The lowest BCUT2D eigenvalue weighted by Gasteiger charge is -2.18. The average molecular weight is 700 g/mol. The highest BCUT2D eigenvalue weighted by Crippen LogP contribution is 2.40. The van der Waals surface area contributed by atoms with Crippen molar-refractivity contribution in [3.63, 3.8) is 0 Å². The molecule has 1 unspecified atom stereocenters. The van der Waals surface area contributed by atoms with Crippen LogP contribution in [0.3, 0.4) is 0 Å². The van der Waals surface area contributed by atoms with Crippen molar-refractivity contribution in [3.8, 4) is 11.5 Å². The molecule has 10 nitrogen and oxygen atoms in total. The maximum absolute atomic E-state index is 13.6. The van der Waals surface area contributed by atoms with E-state index < -0.39 is 17.8 Å². The van der Waals surface area contributed by atoms with E-state index in [1.165, 1.54) is 43.4 Å². The van der Waals surface area contributed by atoms with Gasteiger partial charge in [-0.2, -0.15) is 0 Å². The minimum Gasteiger partial charge on any atom is -0.497 e. The Hall–Kier alpha value is -5.07. The fourth-order valence-corrected chi connectivity index (χ4v) is 7.54. The summed E-state index contributed by atoms with van der Waals surface area (Å²) in [5.41, 5.74) is 2.81. The van der Waals surface area contributed by atoms with Crippen LogP contribution in [0.5, 0.6) is 11.5 Å². The van der Waals surface area contributed by atoms with Crippen LogP contribution in [0.4, 0.5) is 10.7 Å². The minimum absolute atomic E-state index is 0.01000. The van der Waals surface area contributed by atoms with Gasteiger partial charge in [-0.3, -0.25) is 14.4 Å². The van der Waals surface area contributed by atoms with Gasteiger partial charge in [0.05, 0.1) is 32.6 Å². The molecule has 0 bridgehead atoms. The second-order valence-corrected chi connectivity index (χ2v) is 13.5. The zero-order valence-electron chi connectivity index (χ0n) is 27.6. The highest BCUT2D eigenvalue weighted by molar-refractivity contribution is 8.00. The predicted molar refractivity (Wildman–Crippen MR) is 193 cm³/mol. The molecule has 0 saturated carbocycles. The van der Waals surface area contributed by atoms with E-state index in [-0.39, 0.29) is 17.4 Å². The molecule has 5 rings (SSSR count). The predicted octanol–water partition coefficient (Wildman–Crippen LogP) is 6.82. The Balaban J connectivity index is 1.30. The second-order valence-electron chi connectivity index (χ2n) is 11.4. The van der Waals surface area contributed by atoms with Crippen molar-refractivity contribution in [2.24, 2.45) is 5.92 Å². The Morgan fingerprint density at radius 2 is 1.73 bits per heavy atom. The van der Waals surface area contributed by atoms with E-state index in [9.17, 15) is 19.2 Å². The van der Waals surface area contributed by atoms with Gasteiger partial charge in [-0.1, -0.05) is 31.2 Å². The third-order valence-corrected chi connectivity index (χ3v) is 10.0. The Morgan fingerprint density at radius 1 is 0.939 bits per heavy atom. The largest absolute Gasteiger partial charge is 0.497 e. The van der Waals surface area contributed by atoms with Crippen LogP contribution in [-0.4, -0.2) is 50.8 Å². The minimum atomic E-state index is -0.562. The quantitative estimate of drug-likeness (QED) is 0.0835. The molecule has 0 saturated heterocycles. The summed E-state index contributed by atoms with van der Waals surface area (Å²) in [6.07, 6.45) is 4.16. The first-order valence-electron chi connectivity index (χ1n) is 15.6. The van der Waals surface area contributed by atoms with Gasteiger partial charge in [0.15, 0.2) is 0 Å². The number of amides is 3. The number of esters is 1. The third kappa shape index (κ3) is 8.89. The Labute approximate surface area is 293 Å². The monoisotopic (exact) mass is 699 g/mol. The molecule has 0 aliphatic heterocycles. The van der Waals surface area contributed by atoms with Crippen molar-refractivity contribution < 1.29 is 33.4 Å². The van der Waals surface area contributed by atoms with Gasteiger partial charge in [0.25, 0.3) is 11.8 Å². The van der Waals surface area contributed by atoms with Gasteiger partial charge in [0.2, 0.25) is 5.91 Å². The van der Waals surface area contributed by atoms with Crippen LogP contribution >= 0.6 is 23.1 Å². The zero-order chi connectivity index (χ0) is 34.9. The molecule has 3 N–H and O–H groups in total. The number of methoxy groups -OCH3 is 3. The number of hydrogen-bond acceptors (Lipinski definition) is 9. The summed E-state index contributed by atoms with van der Waals surface area (Å²) in [6, 6.07) is 20.8. The zero-order valence-corrected chi connectivity index (χ0v) is 29.2. The molecule has 12 heteroatoms. The smallest absolute Gasteiger partial charge is 0.341 e. The molecular weight excluding hydrogens is 663 g/mol. The van der Waals surface area contributed by atoms with Crippen molar-refractivity contribution in [1.82, 2.24) is 5.32 Å². The second kappa shape index (κ2) is 16.4. The Morgan fingerprint density at radius 3 is 2.47 bits per heavy atom. The van der Waals surface area contributed by atoms with Crippen LogP contribution < -0.4 is 25.4 Å². The molecule has 4 aromatic rings. The summed E-state index contributed by atoms with van der Waals surface area (Å²) in [6.45, 7) is 2.18. The topological polar surface area (TPSA) is 132 Å². The highest BCUT2D eigenvalue weighted by atomic mass is 32.2. The lowest BCUT2D eigenvalue weighted by molar-refractivity contribution is -0.114. The van der Waals surface area contributed by atoms with Crippen molar-refractivity contribution in [1.29, 1.82) is 0 Å². The fourth-order valence-electron chi connectivity index (χ4n) is 5.37. The number of carbonyl (C=O) groups is 4. The summed E-state index contributed by atoms with van der Waals surface area (Å²) >= 11 is 2.72. The van der Waals surface area contributed by atoms with Gasteiger partial charge in [0.1, 0.15) is 22.2 Å². The number of carbonyl (C=O) groups excluding carboxylic acids is 4. The number of benzene rings is 3. The van der Waals surface area contributed by atoms with E-state index in [4.69, 9.17) is 14.2 Å². The molecule has 3 amide bonds. The van der Waals surface area contributed by atoms with E-state index in [0.717, 1.165) is 34.6 Å². The maximum atomic E-state index is 13.6. The number of hydrogen-bond donors (Lipinski definition) is 3. The number of nitrogens with one attached hydrogen (secondary N) is 3. The summed E-state index contributed by atoms with van der Waals surface area (Å²) < 4.78 is 15.8. The van der Waals surface area contributed by atoms with Crippen LogP contribution in [0.25, 0.3) is 6.08 Å². The number of thioether (sulfide) groups is 1. The van der Waals surface area contributed by atoms with Gasteiger partial charge in [-0.15, -0.1) is 23.1 Å². The van der Waals surface area contributed by atoms with Gasteiger partial charge in [-0.25, -0.2) is 4.79 Å². The van der Waals surface area contributed by atoms with Gasteiger partial charge in [-0.05, 0) is 79.3 Å². The Kier molecular flexibility index (Phi) is 11.8. The van der Waals surface area contributed by atoms with Gasteiger partial charge >= 0.3 is 5.97 Å². The number of anilines is 2. The van der Waals surface area contributed by atoms with E-state index in [2.05, 4.69) is 22.9 Å². The highest BCUT2D eigenvalue weighted by Gasteiger charge is 2.29. The molecule has 1 aliphatic rings. The number of fused-ring (bicyclic) bond motifs is 1. The molecule has 1 aromatic heterocycles. The van der Waals surface area contributed by atoms with E-state index in [0.29, 0.717) is 44.8 Å². The van der Waals surface area contributed by atoms with Crippen molar-refractivity contribution in [3.05, 3.63) is 106 Å². The van der Waals surface area contributed by atoms with Crippen LogP contribution in [0, 0.1) is 5.92 Å². The summed E-state index contributed by atoms with van der Waals surface area (Å²) in [7, 11) is 4.39. The number of thiophene rings is 1. The number of rotatable bonds is 12.